The first-order valence-corrected chi connectivity index (χ1v) is 6.88. The highest BCUT2D eigenvalue weighted by Gasteiger charge is 2.00. The van der Waals surface area contributed by atoms with Crippen molar-refractivity contribution in [2.75, 3.05) is 12.0 Å². The SMILES string of the molecule is CSCC(C)NCc1cccc(Br)c1. The summed E-state index contributed by atoms with van der Waals surface area (Å²) in [6, 6.07) is 8.99. The van der Waals surface area contributed by atoms with Crippen LogP contribution in [-0.4, -0.2) is 18.1 Å². The lowest BCUT2D eigenvalue weighted by Gasteiger charge is -2.12. The Bertz CT molecular complexity index is 278. The first-order chi connectivity index (χ1) is 6.72. The number of rotatable bonds is 5. The van der Waals surface area contributed by atoms with Gasteiger partial charge in [-0.05, 0) is 30.9 Å². The van der Waals surface area contributed by atoms with Gasteiger partial charge in [-0.2, -0.15) is 11.8 Å². The average Bonchev–Trinajstić information content (AvgIpc) is 2.15. The summed E-state index contributed by atoms with van der Waals surface area (Å²) in [5.74, 6) is 1.16. The zero-order valence-corrected chi connectivity index (χ0v) is 11.0. The summed E-state index contributed by atoms with van der Waals surface area (Å²) in [7, 11) is 0. The molecule has 1 aromatic carbocycles. The fourth-order valence-electron chi connectivity index (χ4n) is 1.25. The molecular formula is C11H16BrNS. The molecule has 0 aliphatic carbocycles. The van der Waals surface area contributed by atoms with E-state index in [4.69, 9.17) is 0 Å². The molecule has 0 saturated heterocycles. The van der Waals surface area contributed by atoms with E-state index in [-0.39, 0.29) is 0 Å². The molecule has 0 bridgehead atoms. The van der Waals surface area contributed by atoms with Crippen LogP contribution in [0.25, 0.3) is 0 Å². The van der Waals surface area contributed by atoms with E-state index in [0.717, 1.165) is 16.8 Å². The second-order valence-corrected chi connectivity index (χ2v) is 5.19. The van der Waals surface area contributed by atoms with Crippen LogP contribution >= 0.6 is 27.7 Å². The predicted octanol–water partition coefficient (Wildman–Crippen LogP) is 3.29. The molecule has 0 aromatic heterocycles. The summed E-state index contributed by atoms with van der Waals surface area (Å²) >= 11 is 5.34. The number of nitrogens with one attached hydrogen (secondary N) is 1. The molecule has 14 heavy (non-hydrogen) atoms. The Morgan fingerprint density at radius 3 is 2.93 bits per heavy atom. The maximum atomic E-state index is 3.49. The zero-order chi connectivity index (χ0) is 10.4. The number of hydrogen-bond acceptors (Lipinski definition) is 2. The Morgan fingerprint density at radius 2 is 2.29 bits per heavy atom. The van der Waals surface area contributed by atoms with Crippen molar-refractivity contribution in [3.8, 4) is 0 Å². The third-order valence-electron chi connectivity index (χ3n) is 1.96. The molecule has 1 atom stereocenters. The van der Waals surface area contributed by atoms with Gasteiger partial charge < -0.3 is 5.32 Å². The monoisotopic (exact) mass is 273 g/mol. The van der Waals surface area contributed by atoms with Crippen molar-refractivity contribution in [1.29, 1.82) is 0 Å². The van der Waals surface area contributed by atoms with Gasteiger partial charge >= 0.3 is 0 Å². The number of benzene rings is 1. The van der Waals surface area contributed by atoms with E-state index in [2.05, 4.69) is 58.7 Å². The Labute approximate surface area is 98.8 Å². The second kappa shape index (κ2) is 6.49. The van der Waals surface area contributed by atoms with Crippen molar-refractivity contribution >= 4 is 27.7 Å². The lowest BCUT2D eigenvalue weighted by molar-refractivity contribution is 0.596. The van der Waals surface area contributed by atoms with Crippen LogP contribution in [0.3, 0.4) is 0 Å². The number of halogens is 1. The van der Waals surface area contributed by atoms with Gasteiger partial charge in [-0.15, -0.1) is 0 Å². The Kier molecular flexibility index (Phi) is 5.60. The van der Waals surface area contributed by atoms with Crippen molar-refractivity contribution in [3.63, 3.8) is 0 Å². The molecule has 0 radical (unpaired) electrons. The fraction of sp³-hybridized carbons (Fsp3) is 0.455. The molecule has 0 aliphatic heterocycles. The van der Waals surface area contributed by atoms with Crippen LogP contribution in [-0.2, 0) is 6.54 Å². The first-order valence-electron chi connectivity index (χ1n) is 4.69. The molecule has 0 fully saturated rings. The van der Waals surface area contributed by atoms with E-state index in [0.29, 0.717) is 6.04 Å². The minimum atomic E-state index is 0.573. The highest BCUT2D eigenvalue weighted by atomic mass is 79.9. The molecule has 0 saturated carbocycles. The van der Waals surface area contributed by atoms with Crippen LogP contribution in [0.4, 0.5) is 0 Å². The normalized spacial score (nSPS) is 12.8. The van der Waals surface area contributed by atoms with Gasteiger partial charge in [0.1, 0.15) is 0 Å². The third kappa shape index (κ3) is 4.49. The predicted molar refractivity (Wildman–Crippen MR) is 68.8 cm³/mol. The lowest BCUT2D eigenvalue weighted by atomic mass is 10.2. The average molecular weight is 274 g/mol. The van der Waals surface area contributed by atoms with Gasteiger partial charge in [-0.25, -0.2) is 0 Å². The molecule has 3 heteroatoms. The van der Waals surface area contributed by atoms with Crippen LogP contribution in [0.2, 0.25) is 0 Å². The van der Waals surface area contributed by atoms with Gasteiger partial charge in [0.2, 0.25) is 0 Å². The van der Waals surface area contributed by atoms with Crippen molar-refractivity contribution in [2.24, 2.45) is 0 Å². The van der Waals surface area contributed by atoms with Crippen LogP contribution < -0.4 is 5.32 Å². The summed E-state index contributed by atoms with van der Waals surface area (Å²) in [5, 5.41) is 3.49. The maximum absolute atomic E-state index is 3.49. The first kappa shape index (κ1) is 12.1. The quantitative estimate of drug-likeness (QED) is 0.884. The molecule has 0 spiro atoms. The molecule has 1 nitrogen and oxygen atoms in total. The molecule has 78 valence electrons. The molecule has 1 unspecified atom stereocenters. The molecule has 0 heterocycles. The Morgan fingerprint density at radius 1 is 1.50 bits per heavy atom. The van der Waals surface area contributed by atoms with E-state index >= 15 is 0 Å². The van der Waals surface area contributed by atoms with Gasteiger partial charge in [0.15, 0.2) is 0 Å². The van der Waals surface area contributed by atoms with Gasteiger partial charge in [0.25, 0.3) is 0 Å². The topological polar surface area (TPSA) is 12.0 Å². The lowest BCUT2D eigenvalue weighted by Crippen LogP contribution is -2.27. The van der Waals surface area contributed by atoms with E-state index in [1.54, 1.807) is 0 Å². The van der Waals surface area contributed by atoms with Gasteiger partial charge in [-0.1, -0.05) is 28.1 Å². The molecule has 1 N–H and O–H groups in total. The van der Waals surface area contributed by atoms with E-state index in [1.807, 2.05) is 11.8 Å². The second-order valence-electron chi connectivity index (χ2n) is 3.37. The summed E-state index contributed by atoms with van der Waals surface area (Å²) in [5.41, 5.74) is 1.33. The van der Waals surface area contributed by atoms with Gasteiger partial charge in [-0.3, -0.25) is 0 Å². The van der Waals surface area contributed by atoms with E-state index in [9.17, 15) is 0 Å². The van der Waals surface area contributed by atoms with E-state index in [1.165, 1.54) is 5.56 Å². The summed E-state index contributed by atoms with van der Waals surface area (Å²) in [6.07, 6.45) is 2.14. The fourth-order valence-corrected chi connectivity index (χ4v) is 2.31. The molecule has 1 aromatic rings. The smallest absolute Gasteiger partial charge is 0.0208 e. The van der Waals surface area contributed by atoms with Gasteiger partial charge in [0, 0.05) is 22.8 Å². The number of thioether (sulfide) groups is 1. The summed E-state index contributed by atoms with van der Waals surface area (Å²) in [6.45, 7) is 3.16. The highest BCUT2D eigenvalue weighted by Crippen LogP contribution is 2.11. The van der Waals surface area contributed by atoms with Crippen molar-refractivity contribution < 1.29 is 0 Å². The molecule has 1 rings (SSSR count). The van der Waals surface area contributed by atoms with Crippen molar-refractivity contribution in [3.05, 3.63) is 34.3 Å². The van der Waals surface area contributed by atoms with Crippen molar-refractivity contribution in [1.82, 2.24) is 5.32 Å². The van der Waals surface area contributed by atoms with Crippen LogP contribution in [0.5, 0.6) is 0 Å². The minimum Gasteiger partial charge on any atom is -0.309 e. The van der Waals surface area contributed by atoms with E-state index < -0.39 is 0 Å². The van der Waals surface area contributed by atoms with Crippen LogP contribution in [0.15, 0.2) is 28.7 Å². The zero-order valence-electron chi connectivity index (χ0n) is 8.59. The van der Waals surface area contributed by atoms with Crippen molar-refractivity contribution in [2.45, 2.75) is 19.5 Å². The Balaban J connectivity index is 2.37. The highest BCUT2D eigenvalue weighted by molar-refractivity contribution is 9.10. The maximum Gasteiger partial charge on any atom is 0.0208 e. The van der Waals surface area contributed by atoms with Crippen LogP contribution in [0, 0.1) is 0 Å². The molecule has 0 amide bonds. The summed E-state index contributed by atoms with van der Waals surface area (Å²) in [4.78, 5) is 0. The minimum absolute atomic E-state index is 0.573. The number of hydrogen-bond donors (Lipinski definition) is 1. The molecular weight excluding hydrogens is 258 g/mol. The molecule has 0 aliphatic rings. The van der Waals surface area contributed by atoms with Crippen LogP contribution in [0.1, 0.15) is 12.5 Å². The third-order valence-corrected chi connectivity index (χ3v) is 3.29. The standard InChI is InChI=1S/C11H16BrNS/c1-9(8-14-2)13-7-10-4-3-5-11(12)6-10/h3-6,9,13H,7-8H2,1-2H3. The summed E-state index contributed by atoms with van der Waals surface area (Å²) < 4.78 is 1.15. The Hall–Kier alpha value is 0.01000. The largest absolute Gasteiger partial charge is 0.309 e. The van der Waals surface area contributed by atoms with Gasteiger partial charge in [0.05, 0.1) is 0 Å².